The Bertz CT molecular complexity index is 653. The molecule has 1 aliphatic carbocycles. The Kier molecular flexibility index (Phi) is 2.55. The first-order valence-electron chi connectivity index (χ1n) is 6.45. The Labute approximate surface area is 111 Å². The predicted molar refractivity (Wildman–Crippen MR) is 72.6 cm³/mol. The highest BCUT2D eigenvalue weighted by atomic mass is 16.5. The Hall–Kier alpha value is -1.97. The van der Waals surface area contributed by atoms with Crippen LogP contribution in [0.25, 0.3) is 10.9 Å². The Morgan fingerprint density at radius 2 is 2.16 bits per heavy atom. The van der Waals surface area contributed by atoms with Crippen molar-refractivity contribution >= 4 is 16.9 Å². The van der Waals surface area contributed by atoms with Gasteiger partial charge in [0.05, 0.1) is 18.0 Å². The minimum absolute atomic E-state index is 0.710. The van der Waals surface area contributed by atoms with Crippen molar-refractivity contribution in [2.45, 2.75) is 24.7 Å². The summed E-state index contributed by atoms with van der Waals surface area (Å²) in [6.07, 6.45) is 4.35. The van der Waals surface area contributed by atoms with E-state index in [4.69, 9.17) is 4.74 Å². The van der Waals surface area contributed by atoms with Gasteiger partial charge >= 0.3 is 5.97 Å². The molecule has 1 aliphatic rings. The first-order valence-corrected chi connectivity index (χ1v) is 6.45. The number of aromatic nitrogens is 1. The number of methoxy groups -OCH3 is 1. The molecule has 1 heterocycles. The van der Waals surface area contributed by atoms with E-state index in [1.165, 1.54) is 0 Å². The van der Waals surface area contributed by atoms with Gasteiger partial charge in [0.2, 0.25) is 0 Å². The van der Waals surface area contributed by atoms with Crippen molar-refractivity contribution < 1.29 is 14.6 Å². The van der Waals surface area contributed by atoms with Crippen molar-refractivity contribution in [3.8, 4) is 5.75 Å². The summed E-state index contributed by atoms with van der Waals surface area (Å²) in [4.78, 5) is 11.6. The highest BCUT2D eigenvalue weighted by molar-refractivity contribution is 5.90. The molecular weight excluding hydrogens is 242 g/mol. The quantitative estimate of drug-likeness (QED) is 0.922. The van der Waals surface area contributed by atoms with Gasteiger partial charge in [0.1, 0.15) is 5.75 Å². The summed E-state index contributed by atoms with van der Waals surface area (Å²) in [5.41, 5.74) is 1.16. The number of aryl methyl sites for hydroxylation is 1. The van der Waals surface area contributed by atoms with Crippen molar-refractivity contribution in [3.63, 3.8) is 0 Å². The third kappa shape index (κ3) is 1.56. The minimum Gasteiger partial charge on any atom is -0.496 e. The second kappa shape index (κ2) is 4.02. The Balaban J connectivity index is 2.24. The summed E-state index contributed by atoms with van der Waals surface area (Å²) in [5.74, 6) is 0.0231. The summed E-state index contributed by atoms with van der Waals surface area (Å²) in [5, 5.41) is 10.6. The standard InChI is InChI=1S/C15H17NO3/c1-16-7-4-11-12(16)8-10(9-13(11)19-2)15(14(17)18)5-3-6-15/h4,7-9H,3,5-6H2,1-2H3,(H,17,18). The van der Waals surface area contributed by atoms with Gasteiger partial charge in [0.15, 0.2) is 0 Å². The molecule has 0 bridgehead atoms. The molecule has 19 heavy (non-hydrogen) atoms. The zero-order valence-electron chi connectivity index (χ0n) is 11.1. The van der Waals surface area contributed by atoms with Crippen molar-refractivity contribution in [2.75, 3.05) is 7.11 Å². The molecule has 0 amide bonds. The van der Waals surface area contributed by atoms with Crippen LogP contribution in [-0.4, -0.2) is 22.8 Å². The third-order valence-corrected chi connectivity index (χ3v) is 4.35. The van der Waals surface area contributed by atoms with E-state index in [-0.39, 0.29) is 0 Å². The van der Waals surface area contributed by atoms with Crippen molar-refractivity contribution in [1.82, 2.24) is 4.57 Å². The number of nitrogens with zero attached hydrogens (tertiary/aromatic N) is 1. The highest BCUT2D eigenvalue weighted by Gasteiger charge is 2.46. The maximum atomic E-state index is 11.6. The number of hydrogen-bond acceptors (Lipinski definition) is 2. The average molecular weight is 259 g/mol. The molecule has 1 N–H and O–H groups in total. The van der Waals surface area contributed by atoms with Gasteiger partial charge in [0.25, 0.3) is 0 Å². The monoisotopic (exact) mass is 259 g/mol. The molecular formula is C15H17NO3. The van der Waals surface area contributed by atoms with E-state index < -0.39 is 11.4 Å². The molecule has 1 aromatic heterocycles. The lowest BCUT2D eigenvalue weighted by Crippen LogP contribution is -2.42. The summed E-state index contributed by atoms with van der Waals surface area (Å²) in [6.45, 7) is 0. The molecule has 0 unspecified atom stereocenters. The van der Waals surface area contributed by atoms with Gasteiger partial charge < -0.3 is 14.4 Å². The number of fused-ring (bicyclic) bond motifs is 1. The van der Waals surface area contributed by atoms with Gasteiger partial charge in [-0.2, -0.15) is 0 Å². The molecule has 0 atom stereocenters. The summed E-state index contributed by atoms with van der Waals surface area (Å²) in [6, 6.07) is 5.87. The first-order chi connectivity index (χ1) is 9.08. The number of carbonyl (C=O) groups is 1. The predicted octanol–water partition coefficient (Wildman–Crippen LogP) is 2.69. The van der Waals surface area contributed by atoms with Crippen LogP contribution in [0.1, 0.15) is 24.8 Å². The van der Waals surface area contributed by atoms with Crippen LogP contribution in [0.4, 0.5) is 0 Å². The summed E-state index contributed by atoms with van der Waals surface area (Å²) in [7, 11) is 3.58. The number of ether oxygens (including phenoxy) is 1. The van der Waals surface area contributed by atoms with Crippen LogP contribution in [0.15, 0.2) is 24.4 Å². The van der Waals surface area contributed by atoms with E-state index in [9.17, 15) is 9.90 Å². The molecule has 4 nitrogen and oxygen atoms in total. The number of carboxylic acid groups (broad SMARTS) is 1. The number of rotatable bonds is 3. The fraction of sp³-hybridized carbons (Fsp3) is 0.400. The fourth-order valence-corrected chi connectivity index (χ4v) is 2.94. The van der Waals surface area contributed by atoms with E-state index in [2.05, 4.69) is 0 Å². The molecule has 3 rings (SSSR count). The molecule has 4 heteroatoms. The number of hydrogen-bond donors (Lipinski definition) is 1. The van der Waals surface area contributed by atoms with Crippen LogP contribution in [0, 0.1) is 0 Å². The van der Waals surface area contributed by atoms with E-state index >= 15 is 0 Å². The molecule has 2 aromatic rings. The Morgan fingerprint density at radius 1 is 1.42 bits per heavy atom. The van der Waals surface area contributed by atoms with Gasteiger partial charge in [-0.25, -0.2) is 0 Å². The van der Waals surface area contributed by atoms with E-state index in [1.807, 2.05) is 36.0 Å². The molecule has 0 aliphatic heterocycles. The van der Waals surface area contributed by atoms with Gasteiger partial charge in [-0.05, 0) is 36.6 Å². The van der Waals surface area contributed by atoms with Gasteiger partial charge in [0, 0.05) is 18.6 Å². The molecule has 100 valence electrons. The number of benzene rings is 1. The highest BCUT2D eigenvalue weighted by Crippen LogP contribution is 2.46. The van der Waals surface area contributed by atoms with Crippen molar-refractivity contribution in [2.24, 2.45) is 7.05 Å². The SMILES string of the molecule is COc1cc(C2(C(=O)O)CCC2)cc2c1ccn2C. The maximum Gasteiger partial charge on any atom is 0.314 e. The topological polar surface area (TPSA) is 51.5 Å². The maximum absolute atomic E-state index is 11.6. The van der Waals surface area contributed by atoms with Crippen LogP contribution in [0.5, 0.6) is 5.75 Å². The van der Waals surface area contributed by atoms with Crippen LogP contribution in [0.3, 0.4) is 0 Å². The van der Waals surface area contributed by atoms with Gasteiger partial charge in [-0.3, -0.25) is 4.79 Å². The molecule has 1 saturated carbocycles. The summed E-state index contributed by atoms with van der Waals surface area (Å²) >= 11 is 0. The zero-order valence-corrected chi connectivity index (χ0v) is 11.1. The lowest BCUT2D eigenvalue weighted by molar-refractivity contribution is -0.147. The third-order valence-electron chi connectivity index (χ3n) is 4.35. The average Bonchev–Trinajstić information content (AvgIpc) is 2.69. The molecule has 0 saturated heterocycles. The molecule has 0 spiro atoms. The summed E-state index contributed by atoms with van der Waals surface area (Å²) < 4.78 is 7.41. The van der Waals surface area contributed by atoms with Crippen LogP contribution < -0.4 is 4.74 Å². The lowest BCUT2D eigenvalue weighted by Gasteiger charge is -2.38. The van der Waals surface area contributed by atoms with Crippen LogP contribution >= 0.6 is 0 Å². The number of carboxylic acids is 1. The fourth-order valence-electron chi connectivity index (χ4n) is 2.94. The minimum atomic E-state index is -0.727. The molecule has 1 aromatic carbocycles. The zero-order chi connectivity index (χ0) is 13.6. The van der Waals surface area contributed by atoms with Gasteiger partial charge in [-0.1, -0.05) is 6.42 Å². The van der Waals surface area contributed by atoms with Crippen molar-refractivity contribution in [3.05, 3.63) is 30.0 Å². The molecule has 1 fully saturated rings. The first kappa shape index (κ1) is 12.1. The second-order valence-corrected chi connectivity index (χ2v) is 5.28. The Morgan fingerprint density at radius 3 is 2.68 bits per heavy atom. The number of aliphatic carboxylic acids is 1. The van der Waals surface area contributed by atoms with E-state index in [1.54, 1.807) is 7.11 Å². The van der Waals surface area contributed by atoms with Gasteiger partial charge in [-0.15, -0.1) is 0 Å². The van der Waals surface area contributed by atoms with Crippen molar-refractivity contribution in [1.29, 1.82) is 0 Å². The molecule has 0 radical (unpaired) electrons. The normalized spacial score (nSPS) is 17.2. The van der Waals surface area contributed by atoms with Crippen LogP contribution in [-0.2, 0) is 17.3 Å². The van der Waals surface area contributed by atoms with Crippen LogP contribution in [0.2, 0.25) is 0 Å². The lowest BCUT2D eigenvalue weighted by atomic mass is 9.64. The smallest absolute Gasteiger partial charge is 0.314 e. The second-order valence-electron chi connectivity index (χ2n) is 5.28. The largest absolute Gasteiger partial charge is 0.496 e. The van der Waals surface area contributed by atoms with E-state index in [0.29, 0.717) is 12.8 Å². The van der Waals surface area contributed by atoms with E-state index in [0.717, 1.165) is 28.6 Å².